The topological polar surface area (TPSA) is 72.2 Å². The molecule has 0 bridgehead atoms. The molecule has 0 amide bonds. The number of halogens is 3. The van der Waals surface area contributed by atoms with Crippen LogP contribution in [0.25, 0.3) is 11.2 Å². The Morgan fingerprint density at radius 3 is 2.66 bits per heavy atom. The van der Waals surface area contributed by atoms with Crippen LogP contribution in [-0.2, 0) is 24.4 Å². The molecule has 1 fully saturated rings. The van der Waals surface area contributed by atoms with Crippen molar-refractivity contribution in [2.75, 3.05) is 38.3 Å². The first-order valence-corrected chi connectivity index (χ1v) is 9.95. The van der Waals surface area contributed by atoms with Gasteiger partial charge in [0.2, 0.25) is 0 Å². The lowest BCUT2D eigenvalue weighted by Gasteiger charge is -2.28. The van der Waals surface area contributed by atoms with E-state index in [4.69, 9.17) is 4.74 Å². The van der Waals surface area contributed by atoms with Gasteiger partial charge in [0.1, 0.15) is 17.4 Å². The molecule has 29 heavy (non-hydrogen) atoms. The molecule has 0 saturated carbocycles. The van der Waals surface area contributed by atoms with Crippen molar-refractivity contribution in [2.24, 2.45) is 0 Å². The van der Waals surface area contributed by atoms with E-state index in [0.29, 0.717) is 56.6 Å². The van der Waals surface area contributed by atoms with Crippen LogP contribution in [0.2, 0.25) is 0 Å². The predicted molar refractivity (Wildman–Crippen MR) is 102 cm³/mol. The van der Waals surface area contributed by atoms with E-state index in [-0.39, 0.29) is 5.65 Å². The van der Waals surface area contributed by atoms with Gasteiger partial charge in [-0.2, -0.15) is 13.2 Å². The maximum Gasteiger partial charge on any atom is 0.406 e. The number of nitrogens with zero attached hydrogens (tertiary/aromatic N) is 7. The Kier molecular flexibility index (Phi) is 5.65. The molecule has 3 aromatic heterocycles. The van der Waals surface area contributed by atoms with Crippen LogP contribution < -0.4 is 4.90 Å². The number of hydrogen-bond acceptors (Lipinski definition) is 8. The molecule has 0 spiro atoms. The first kappa shape index (κ1) is 20.0. The van der Waals surface area contributed by atoms with Gasteiger partial charge in [-0.15, -0.1) is 11.3 Å². The van der Waals surface area contributed by atoms with E-state index in [1.807, 2.05) is 22.2 Å². The first-order chi connectivity index (χ1) is 13.9. The average Bonchev–Trinajstić information content (AvgIpc) is 3.31. The molecule has 0 radical (unpaired) electrons. The second kappa shape index (κ2) is 8.20. The average molecular weight is 427 g/mol. The Hall–Kier alpha value is -2.31. The molecule has 12 heteroatoms. The van der Waals surface area contributed by atoms with Gasteiger partial charge in [-0.3, -0.25) is 4.90 Å². The van der Waals surface area contributed by atoms with Gasteiger partial charge in [-0.1, -0.05) is 0 Å². The van der Waals surface area contributed by atoms with E-state index in [2.05, 4.69) is 19.9 Å². The van der Waals surface area contributed by atoms with Crippen LogP contribution in [0.1, 0.15) is 10.8 Å². The van der Waals surface area contributed by atoms with Crippen molar-refractivity contribution in [3.05, 3.63) is 28.7 Å². The third kappa shape index (κ3) is 4.82. The smallest absolute Gasteiger partial charge is 0.378 e. The SMILES string of the molecule is CN(Cc1nc(N2CCOCC2)c2ncn(CC(F)(F)F)c2n1)Cc1nccs1. The Labute approximate surface area is 169 Å². The molecular formula is C17H20F3N7OS. The number of morpholine rings is 1. The summed E-state index contributed by atoms with van der Waals surface area (Å²) in [6.45, 7) is 2.12. The Morgan fingerprint density at radius 1 is 1.17 bits per heavy atom. The minimum Gasteiger partial charge on any atom is -0.378 e. The molecule has 1 saturated heterocycles. The number of ether oxygens (including phenoxy) is 1. The lowest BCUT2D eigenvalue weighted by Crippen LogP contribution is -2.37. The molecule has 0 aliphatic carbocycles. The zero-order chi connectivity index (χ0) is 20.4. The monoisotopic (exact) mass is 427 g/mol. The maximum absolute atomic E-state index is 13.0. The number of rotatable bonds is 6. The number of fused-ring (bicyclic) bond motifs is 1. The lowest BCUT2D eigenvalue weighted by atomic mass is 10.3. The summed E-state index contributed by atoms with van der Waals surface area (Å²) >= 11 is 1.55. The normalized spacial score (nSPS) is 15.6. The molecule has 0 aromatic carbocycles. The van der Waals surface area contributed by atoms with Gasteiger partial charge in [0.25, 0.3) is 0 Å². The molecule has 1 aliphatic heterocycles. The third-order valence-corrected chi connectivity index (χ3v) is 5.22. The van der Waals surface area contributed by atoms with Gasteiger partial charge in [-0.05, 0) is 7.05 Å². The second-order valence-electron chi connectivity index (χ2n) is 6.82. The summed E-state index contributed by atoms with van der Waals surface area (Å²) < 4.78 is 45.4. The molecule has 1 aliphatic rings. The lowest BCUT2D eigenvalue weighted by molar-refractivity contribution is -0.140. The Balaban J connectivity index is 1.67. The fourth-order valence-electron chi connectivity index (χ4n) is 3.21. The molecule has 8 nitrogen and oxygen atoms in total. The zero-order valence-corrected chi connectivity index (χ0v) is 16.6. The van der Waals surface area contributed by atoms with Crippen molar-refractivity contribution >= 4 is 28.3 Å². The number of imidazole rings is 1. The molecule has 3 aromatic rings. The number of hydrogen-bond donors (Lipinski definition) is 0. The minimum atomic E-state index is -4.36. The summed E-state index contributed by atoms with van der Waals surface area (Å²) in [4.78, 5) is 21.5. The van der Waals surface area contributed by atoms with Gasteiger partial charge in [-0.25, -0.2) is 19.9 Å². The van der Waals surface area contributed by atoms with E-state index in [0.717, 1.165) is 9.57 Å². The van der Waals surface area contributed by atoms with Crippen molar-refractivity contribution in [2.45, 2.75) is 25.8 Å². The molecule has 0 N–H and O–H groups in total. The predicted octanol–water partition coefficient (Wildman–Crippen LogP) is 2.31. The summed E-state index contributed by atoms with van der Waals surface area (Å²) in [7, 11) is 1.90. The fourth-order valence-corrected chi connectivity index (χ4v) is 3.90. The highest BCUT2D eigenvalue weighted by molar-refractivity contribution is 7.09. The van der Waals surface area contributed by atoms with Crippen LogP contribution >= 0.6 is 11.3 Å². The number of aromatic nitrogens is 5. The number of thiazole rings is 1. The molecule has 156 valence electrons. The minimum absolute atomic E-state index is 0.191. The van der Waals surface area contributed by atoms with Gasteiger partial charge in [0.15, 0.2) is 17.0 Å². The van der Waals surface area contributed by atoms with Crippen molar-refractivity contribution in [3.8, 4) is 0 Å². The third-order valence-electron chi connectivity index (χ3n) is 4.45. The van der Waals surface area contributed by atoms with Gasteiger partial charge in [0, 0.05) is 24.7 Å². The summed E-state index contributed by atoms with van der Waals surface area (Å²) in [6, 6.07) is 0. The summed E-state index contributed by atoms with van der Waals surface area (Å²) in [5, 5.41) is 2.85. The standard InChI is InChI=1S/C17H20F3N7OS/c1-25(9-13-21-2-7-29-13)8-12-23-15(26-3-5-28-6-4-26)14-16(24-12)27(11-22-14)10-17(18,19)20/h2,7,11H,3-6,8-10H2,1H3. The highest BCUT2D eigenvalue weighted by Crippen LogP contribution is 2.26. The Morgan fingerprint density at radius 2 is 1.97 bits per heavy atom. The van der Waals surface area contributed by atoms with E-state index < -0.39 is 12.7 Å². The van der Waals surface area contributed by atoms with E-state index in [9.17, 15) is 13.2 Å². The van der Waals surface area contributed by atoms with Crippen molar-refractivity contribution in [1.82, 2.24) is 29.4 Å². The van der Waals surface area contributed by atoms with Crippen LogP contribution in [-0.4, -0.2) is 68.9 Å². The second-order valence-corrected chi connectivity index (χ2v) is 7.80. The van der Waals surface area contributed by atoms with Crippen LogP contribution in [0.4, 0.5) is 19.0 Å². The summed E-state index contributed by atoms with van der Waals surface area (Å²) in [5.41, 5.74) is 0.568. The summed E-state index contributed by atoms with van der Waals surface area (Å²) in [6.07, 6.45) is -1.44. The highest BCUT2D eigenvalue weighted by atomic mass is 32.1. The molecule has 4 rings (SSSR count). The van der Waals surface area contributed by atoms with Crippen molar-refractivity contribution in [1.29, 1.82) is 0 Å². The van der Waals surface area contributed by atoms with Gasteiger partial charge < -0.3 is 14.2 Å². The van der Waals surface area contributed by atoms with Crippen molar-refractivity contribution in [3.63, 3.8) is 0 Å². The van der Waals surface area contributed by atoms with E-state index in [1.165, 1.54) is 6.33 Å². The Bertz CT molecular complexity index is 954. The molecular weight excluding hydrogens is 407 g/mol. The van der Waals surface area contributed by atoms with Gasteiger partial charge in [0.05, 0.1) is 32.6 Å². The van der Waals surface area contributed by atoms with E-state index >= 15 is 0 Å². The number of alkyl halides is 3. The summed E-state index contributed by atoms with van der Waals surface area (Å²) in [5.74, 6) is 0.999. The van der Waals surface area contributed by atoms with Crippen LogP contribution in [0.5, 0.6) is 0 Å². The molecule has 0 unspecified atom stereocenters. The zero-order valence-electron chi connectivity index (χ0n) is 15.8. The van der Waals surface area contributed by atoms with Crippen LogP contribution in [0.15, 0.2) is 17.9 Å². The highest BCUT2D eigenvalue weighted by Gasteiger charge is 2.30. The van der Waals surface area contributed by atoms with Crippen LogP contribution in [0.3, 0.4) is 0 Å². The fraction of sp³-hybridized carbons (Fsp3) is 0.529. The quantitative estimate of drug-likeness (QED) is 0.598. The number of anilines is 1. The largest absolute Gasteiger partial charge is 0.406 e. The molecule has 0 atom stereocenters. The van der Waals surface area contributed by atoms with Crippen molar-refractivity contribution < 1.29 is 17.9 Å². The molecule has 4 heterocycles. The maximum atomic E-state index is 13.0. The first-order valence-electron chi connectivity index (χ1n) is 9.07. The van der Waals surface area contributed by atoms with Crippen LogP contribution in [0, 0.1) is 0 Å². The van der Waals surface area contributed by atoms with E-state index in [1.54, 1.807) is 17.5 Å². The van der Waals surface area contributed by atoms with Gasteiger partial charge >= 0.3 is 6.18 Å².